The van der Waals surface area contributed by atoms with Gasteiger partial charge in [0.05, 0.1) is 13.2 Å². The monoisotopic (exact) mass is 409 g/mol. The molecule has 0 radical (unpaired) electrons. The fourth-order valence-electron chi connectivity index (χ4n) is 3.48. The molecule has 30 heavy (non-hydrogen) atoms. The normalized spacial score (nSPS) is 16.1. The van der Waals surface area contributed by atoms with Crippen molar-refractivity contribution in [2.45, 2.75) is 26.0 Å². The molecule has 1 saturated heterocycles. The number of amides is 2. The molecule has 2 aromatic carbocycles. The van der Waals surface area contributed by atoms with Crippen LogP contribution in [-0.4, -0.2) is 47.9 Å². The highest BCUT2D eigenvalue weighted by molar-refractivity contribution is 5.93. The van der Waals surface area contributed by atoms with Crippen LogP contribution in [0.25, 0.3) is 10.8 Å². The maximum atomic E-state index is 12.4. The zero-order chi connectivity index (χ0) is 21.1. The van der Waals surface area contributed by atoms with E-state index < -0.39 is 0 Å². The zero-order valence-electron chi connectivity index (χ0n) is 16.9. The Bertz CT molecular complexity index is 1080. The summed E-state index contributed by atoms with van der Waals surface area (Å²) in [6, 6.07) is 11.3. The molecule has 1 unspecified atom stereocenters. The van der Waals surface area contributed by atoms with Crippen molar-refractivity contribution in [3.63, 3.8) is 0 Å². The largest absolute Gasteiger partial charge is 0.497 e. The summed E-state index contributed by atoms with van der Waals surface area (Å²) in [5.41, 5.74) is 0.166. The first-order chi connectivity index (χ1) is 14.6. The van der Waals surface area contributed by atoms with E-state index in [2.05, 4.69) is 10.3 Å². The van der Waals surface area contributed by atoms with Crippen LogP contribution in [0, 0.1) is 0 Å². The Morgan fingerprint density at radius 3 is 2.73 bits per heavy atom. The van der Waals surface area contributed by atoms with E-state index in [9.17, 15) is 9.59 Å². The predicted octanol–water partition coefficient (Wildman–Crippen LogP) is 2.77. The second-order valence-corrected chi connectivity index (χ2v) is 7.10. The number of nitrogens with one attached hydrogen (secondary N) is 1. The lowest BCUT2D eigenvalue weighted by Gasteiger charge is -2.13. The second kappa shape index (κ2) is 8.44. The highest BCUT2D eigenvalue weighted by Crippen LogP contribution is 2.25. The van der Waals surface area contributed by atoms with Crippen molar-refractivity contribution in [2.24, 2.45) is 0 Å². The Balaban J connectivity index is 1.36. The number of likely N-dealkylation sites (tertiary alicyclic amines) is 1. The van der Waals surface area contributed by atoms with E-state index >= 15 is 0 Å². The third kappa shape index (κ3) is 4.22. The number of carbonyl (C=O) groups excluding carboxylic acids is 2. The molecule has 8 heteroatoms. The number of benzene rings is 2. The maximum absolute atomic E-state index is 12.4. The van der Waals surface area contributed by atoms with Gasteiger partial charge in [-0.25, -0.2) is 4.98 Å². The Kier molecular flexibility index (Phi) is 5.56. The van der Waals surface area contributed by atoms with Crippen LogP contribution in [0.5, 0.6) is 11.5 Å². The van der Waals surface area contributed by atoms with E-state index in [4.69, 9.17) is 13.9 Å². The first-order valence-electron chi connectivity index (χ1n) is 9.79. The minimum atomic E-state index is -0.362. The highest BCUT2D eigenvalue weighted by atomic mass is 16.5. The maximum Gasteiger partial charge on any atom is 0.273 e. The van der Waals surface area contributed by atoms with E-state index in [1.165, 1.54) is 6.26 Å². The van der Waals surface area contributed by atoms with Gasteiger partial charge in [0.15, 0.2) is 12.3 Å². The molecule has 2 amide bonds. The van der Waals surface area contributed by atoms with Gasteiger partial charge in [-0.3, -0.25) is 9.59 Å². The van der Waals surface area contributed by atoms with Gasteiger partial charge in [-0.1, -0.05) is 12.1 Å². The van der Waals surface area contributed by atoms with Crippen molar-refractivity contribution < 1.29 is 23.5 Å². The Morgan fingerprint density at radius 2 is 2.00 bits per heavy atom. The first-order valence-corrected chi connectivity index (χ1v) is 9.79. The summed E-state index contributed by atoms with van der Waals surface area (Å²) in [5.74, 6) is 1.41. The zero-order valence-corrected chi connectivity index (χ0v) is 16.9. The number of carbonyl (C=O) groups is 2. The van der Waals surface area contributed by atoms with Crippen LogP contribution in [0.15, 0.2) is 47.1 Å². The molecule has 0 aliphatic carbocycles. The predicted molar refractivity (Wildman–Crippen MR) is 109 cm³/mol. The van der Waals surface area contributed by atoms with Gasteiger partial charge in [-0.2, -0.15) is 0 Å². The molecule has 0 bridgehead atoms. The number of aromatic nitrogens is 1. The molecule has 8 nitrogen and oxygen atoms in total. The number of nitrogens with zero attached hydrogens (tertiary/aromatic N) is 2. The number of likely N-dealkylation sites (N-methyl/N-ethyl adjacent to an activating group) is 1. The average Bonchev–Trinajstić information content (AvgIpc) is 3.37. The van der Waals surface area contributed by atoms with Crippen LogP contribution < -0.4 is 14.8 Å². The molecule has 0 saturated carbocycles. The van der Waals surface area contributed by atoms with Crippen LogP contribution in [0.4, 0.5) is 0 Å². The van der Waals surface area contributed by atoms with Crippen LogP contribution in [0.1, 0.15) is 29.7 Å². The van der Waals surface area contributed by atoms with E-state index in [1.54, 1.807) is 12.0 Å². The molecule has 1 aromatic heterocycles. The molecule has 2 heterocycles. The van der Waals surface area contributed by atoms with Crippen molar-refractivity contribution in [2.75, 3.05) is 20.2 Å². The van der Waals surface area contributed by atoms with Crippen LogP contribution in [0.2, 0.25) is 0 Å². The first kappa shape index (κ1) is 19.8. The molecule has 1 fully saturated rings. The quantitative estimate of drug-likeness (QED) is 0.645. The summed E-state index contributed by atoms with van der Waals surface area (Å²) < 4.78 is 16.4. The van der Waals surface area contributed by atoms with Gasteiger partial charge < -0.3 is 24.1 Å². The number of hydrogen-bond acceptors (Lipinski definition) is 6. The minimum absolute atomic E-state index is 0.0463. The molecule has 3 aromatic rings. The Morgan fingerprint density at radius 1 is 1.23 bits per heavy atom. The lowest BCUT2D eigenvalue weighted by atomic mass is 10.1. The van der Waals surface area contributed by atoms with Gasteiger partial charge in [0.2, 0.25) is 11.8 Å². The molecule has 1 N–H and O–H groups in total. The molecule has 0 spiro atoms. The average molecular weight is 409 g/mol. The summed E-state index contributed by atoms with van der Waals surface area (Å²) in [7, 11) is 1.63. The van der Waals surface area contributed by atoms with E-state index in [1.807, 2.05) is 43.3 Å². The van der Waals surface area contributed by atoms with Crippen molar-refractivity contribution in [3.05, 3.63) is 54.2 Å². The van der Waals surface area contributed by atoms with Gasteiger partial charge in [0, 0.05) is 19.5 Å². The number of fused-ring (bicyclic) bond motifs is 1. The molecular weight excluding hydrogens is 386 g/mol. The van der Waals surface area contributed by atoms with Gasteiger partial charge in [-0.15, -0.1) is 0 Å². The molecule has 1 aliphatic rings. The molecule has 1 aliphatic heterocycles. The third-order valence-electron chi connectivity index (χ3n) is 5.10. The summed E-state index contributed by atoms with van der Waals surface area (Å²) in [4.78, 5) is 30.1. The standard InChI is InChI=1S/C22H23N3O5/c1-3-25-11-16(10-21(25)26)23-22(27)19-12-30-20(24-19)13-29-18-7-5-14-4-6-17(28-2)8-15(14)9-18/h4-9,12,16H,3,10-11,13H2,1-2H3,(H,23,27). The summed E-state index contributed by atoms with van der Waals surface area (Å²) in [5, 5.41) is 4.90. The van der Waals surface area contributed by atoms with E-state index in [0.717, 1.165) is 16.5 Å². The van der Waals surface area contributed by atoms with Gasteiger partial charge in [0.1, 0.15) is 17.8 Å². The van der Waals surface area contributed by atoms with E-state index in [0.29, 0.717) is 31.2 Å². The minimum Gasteiger partial charge on any atom is -0.497 e. The summed E-state index contributed by atoms with van der Waals surface area (Å²) in [6.07, 6.45) is 1.60. The number of ether oxygens (including phenoxy) is 2. The van der Waals surface area contributed by atoms with E-state index in [-0.39, 0.29) is 30.2 Å². The topological polar surface area (TPSA) is 93.9 Å². The molecule has 1 atom stereocenters. The summed E-state index contributed by atoms with van der Waals surface area (Å²) in [6.45, 7) is 3.16. The lowest BCUT2D eigenvalue weighted by molar-refractivity contribution is -0.127. The molecule has 156 valence electrons. The number of rotatable bonds is 7. The smallest absolute Gasteiger partial charge is 0.273 e. The van der Waals surface area contributed by atoms with Crippen molar-refractivity contribution in [1.29, 1.82) is 0 Å². The van der Waals surface area contributed by atoms with Crippen molar-refractivity contribution in [1.82, 2.24) is 15.2 Å². The molecule has 4 rings (SSSR count). The van der Waals surface area contributed by atoms with Gasteiger partial charge in [0.25, 0.3) is 5.91 Å². The second-order valence-electron chi connectivity index (χ2n) is 7.10. The number of methoxy groups -OCH3 is 1. The lowest BCUT2D eigenvalue weighted by Crippen LogP contribution is -2.37. The fraction of sp³-hybridized carbons (Fsp3) is 0.318. The number of hydrogen-bond donors (Lipinski definition) is 1. The van der Waals surface area contributed by atoms with Crippen LogP contribution in [-0.2, 0) is 11.4 Å². The van der Waals surface area contributed by atoms with Crippen LogP contribution >= 0.6 is 0 Å². The van der Waals surface area contributed by atoms with Crippen LogP contribution in [0.3, 0.4) is 0 Å². The van der Waals surface area contributed by atoms with Gasteiger partial charge in [-0.05, 0) is 42.0 Å². The number of oxazole rings is 1. The summed E-state index contributed by atoms with van der Waals surface area (Å²) >= 11 is 0. The molecular formula is C22H23N3O5. The SMILES string of the molecule is CCN1CC(NC(=O)c2coc(COc3ccc4ccc(OC)cc4c3)n2)CC1=O. The van der Waals surface area contributed by atoms with Crippen molar-refractivity contribution >= 4 is 22.6 Å². The highest BCUT2D eigenvalue weighted by Gasteiger charge is 2.30. The fourth-order valence-corrected chi connectivity index (χ4v) is 3.48. The Labute approximate surface area is 173 Å². The third-order valence-corrected chi connectivity index (χ3v) is 5.10. The van der Waals surface area contributed by atoms with Crippen molar-refractivity contribution in [3.8, 4) is 11.5 Å². The Hall–Kier alpha value is -3.55. The van der Waals surface area contributed by atoms with Gasteiger partial charge >= 0.3 is 0 Å².